The lowest BCUT2D eigenvalue weighted by molar-refractivity contribution is 0.152. The van der Waals surface area contributed by atoms with Crippen molar-refractivity contribution in [2.24, 2.45) is 0 Å². The number of rotatable bonds is 3. The van der Waals surface area contributed by atoms with E-state index in [0.717, 1.165) is 23.5 Å². The zero-order valence-corrected chi connectivity index (χ0v) is 10.4. The van der Waals surface area contributed by atoms with E-state index in [1.165, 1.54) is 0 Å². The molecule has 1 N–H and O–H groups in total. The second-order valence-electron chi connectivity index (χ2n) is 4.35. The molecule has 0 bridgehead atoms. The summed E-state index contributed by atoms with van der Waals surface area (Å²) in [5, 5.41) is 14.8. The third-order valence-corrected chi connectivity index (χ3v) is 4.15. The smallest absolute Gasteiger partial charge is 0.0805 e. The molecule has 1 radical (unpaired) electrons. The fraction of sp³-hybridized carbons (Fsp3) is 0.538. The van der Waals surface area contributed by atoms with E-state index in [1.54, 1.807) is 0 Å². The van der Waals surface area contributed by atoms with Gasteiger partial charge in [0.15, 0.2) is 0 Å². The fourth-order valence-corrected chi connectivity index (χ4v) is 3.08. The predicted octanol–water partition coefficient (Wildman–Crippen LogP) is 2.22. The summed E-state index contributed by atoms with van der Waals surface area (Å²) in [6.07, 6.45) is 0.377. The molecule has 2 nitrogen and oxygen atoms in total. The van der Waals surface area contributed by atoms with Gasteiger partial charge in [0.25, 0.3) is 0 Å². The highest BCUT2D eigenvalue weighted by molar-refractivity contribution is 7.99. The summed E-state index contributed by atoms with van der Waals surface area (Å²) >= 11 is 1.94. The molecular weight excluding hydrogens is 218 g/mol. The normalized spacial score (nSPS) is 27.6. The van der Waals surface area contributed by atoms with E-state index in [2.05, 4.69) is 12.2 Å². The van der Waals surface area contributed by atoms with Crippen molar-refractivity contribution in [3.05, 3.63) is 35.9 Å². The van der Waals surface area contributed by atoms with Gasteiger partial charge in [0, 0.05) is 23.6 Å². The summed E-state index contributed by atoms with van der Waals surface area (Å²) in [4.78, 5) is 0. The van der Waals surface area contributed by atoms with E-state index in [9.17, 15) is 5.11 Å². The van der Waals surface area contributed by atoms with Gasteiger partial charge < -0.3 is 5.11 Å². The molecule has 16 heavy (non-hydrogen) atoms. The van der Waals surface area contributed by atoms with Crippen molar-refractivity contribution in [3.8, 4) is 0 Å². The molecule has 0 aromatic heterocycles. The van der Waals surface area contributed by atoms with Crippen LogP contribution in [0.4, 0.5) is 0 Å². The first-order valence-electron chi connectivity index (χ1n) is 5.76. The molecule has 1 aliphatic heterocycles. The van der Waals surface area contributed by atoms with Crippen molar-refractivity contribution in [1.82, 2.24) is 5.32 Å². The Morgan fingerprint density at radius 3 is 2.81 bits per heavy atom. The van der Waals surface area contributed by atoms with Gasteiger partial charge in [-0.2, -0.15) is 11.8 Å². The number of nitrogens with zero attached hydrogens (tertiary/aromatic N) is 1. The minimum absolute atomic E-state index is 0.309. The van der Waals surface area contributed by atoms with Crippen LogP contribution in [0, 0.1) is 0 Å². The van der Waals surface area contributed by atoms with E-state index in [0.29, 0.717) is 12.1 Å². The number of thioether (sulfide) groups is 1. The van der Waals surface area contributed by atoms with Crippen LogP contribution in [0.3, 0.4) is 0 Å². The Balaban J connectivity index is 1.89. The molecule has 3 unspecified atom stereocenters. The van der Waals surface area contributed by atoms with Gasteiger partial charge in [0.05, 0.1) is 6.10 Å². The summed E-state index contributed by atoms with van der Waals surface area (Å²) < 4.78 is 0. The lowest BCUT2D eigenvalue weighted by atomic mass is 10.0. The van der Waals surface area contributed by atoms with Gasteiger partial charge in [-0.05, 0) is 18.9 Å². The van der Waals surface area contributed by atoms with Crippen LogP contribution in [0.2, 0.25) is 0 Å². The van der Waals surface area contributed by atoms with E-state index >= 15 is 0 Å². The SMILES string of the molecule is CC1CSCC(CC(O)c2ccccc2)[N]1. The molecule has 87 valence electrons. The van der Waals surface area contributed by atoms with E-state index in [-0.39, 0.29) is 6.10 Å². The monoisotopic (exact) mass is 236 g/mol. The average molecular weight is 236 g/mol. The molecule has 1 heterocycles. The van der Waals surface area contributed by atoms with Crippen LogP contribution in [-0.2, 0) is 0 Å². The molecular formula is C13H18NOS. The minimum atomic E-state index is -0.374. The van der Waals surface area contributed by atoms with Gasteiger partial charge in [-0.15, -0.1) is 0 Å². The fourth-order valence-electron chi connectivity index (χ4n) is 2.02. The minimum Gasteiger partial charge on any atom is -0.388 e. The molecule has 3 heteroatoms. The van der Waals surface area contributed by atoms with Crippen molar-refractivity contribution in [2.75, 3.05) is 11.5 Å². The molecule has 0 amide bonds. The van der Waals surface area contributed by atoms with Crippen molar-refractivity contribution in [3.63, 3.8) is 0 Å². The first kappa shape index (κ1) is 12.0. The Morgan fingerprint density at radius 1 is 1.38 bits per heavy atom. The summed E-state index contributed by atoms with van der Waals surface area (Å²) in [6, 6.07) is 10.6. The van der Waals surface area contributed by atoms with Crippen LogP contribution in [-0.4, -0.2) is 28.7 Å². The third-order valence-electron chi connectivity index (χ3n) is 2.81. The Bertz CT molecular complexity index is 317. The number of hydrogen-bond donors (Lipinski definition) is 1. The molecule has 0 spiro atoms. The predicted molar refractivity (Wildman–Crippen MR) is 68.7 cm³/mol. The summed E-state index contributed by atoms with van der Waals surface area (Å²) in [7, 11) is 0. The highest BCUT2D eigenvalue weighted by atomic mass is 32.2. The number of aliphatic hydroxyl groups excluding tert-OH is 1. The number of benzene rings is 1. The topological polar surface area (TPSA) is 34.3 Å². The highest BCUT2D eigenvalue weighted by Crippen LogP contribution is 2.23. The third kappa shape index (κ3) is 3.24. The quantitative estimate of drug-likeness (QED) is 0.873. The number of hydrogen-bond acceptors (Lipinski definition) is 2. The summed E-state index contributed by atoms with van der Waals surface area (Å²) in [5.41, 5.74) is 1.00. The second-order valence-corrected chi connectivity index (χ2v) is 5.43. The molecule has 0 saturated carbocycles. The van der Waals surface area contributed by atoms with Crippen molar-refractivity contribution >= 4 is 11.8 Å². The largest absolute Gasteiger partial charge is 0.388 e. The van der Waals surface area contributed by atoms with Gasteiger partial charge >= 0.3 is 0 Å². The zero-order chi connectivity index (χ0) is 11.4. The zero-order valence-electron chi connectivity index (χ0n) is 9.54. The van der Waals surface area contributed by atoms with Gasteiger partial charge in [-0.1, -0.05) is 30.3 Å². The molecule has 1 aliphatic rings. The number of aliphatic hydroxyl groups is 1. The van der Waals surface area contributed by atoms with Crippen LogP contribution in [0.15, 0.2) is 30.3 Å². The first-order chi connectivity index (χ1) is 7.75. The van der Waals surface area contributed by atoms with Crippen LogP contribution in [0.1, 0.15) is 25.0 Å². The van der Waals surface area contributed by atoms with Gasteiger partial charge in [0.1, 0.15) is 0 Å². The van der Waals surface area contributed by atoms with E-state index < -0.39 is 0 Å². The van der Waals surface area contributed by atoms with Crippen molar-refractivity contribution in [2.45, 2.75) is 31.5 Å². The molecule has 3 atom stereocenters. The second kappa shape index (κ2) is 5.71. The van der Waals surface area contributed by atoms with Gasteiger partial charge in [-0.25, -0.2) is 5.32 Å². The Kier molecular flexibility index (Phi) is 4.27. The van der Waals surface area contributed by atoms with Gasteiger partial charge in [0.2, 0.25) is 0 Å². The van der Waals surface area contributed by atoms with Crippen molar-refractivity contribution < 1.29 is 5.11 Å². The maximum atomic E-state index is 10.1. The molecule has 0 aliphatic carbocycles. The average Bonchev–Trinajstić information content (AvgIpc) is 2.30. The molecule has 1 aromatic rings. The molecule has 2 rings (SSSR count). The van der Waals surface area contributed by atoms with Crippen LogP contribution < -0.4 is 5.32 Å². The summed E-state index contributed by atoms with van der Waals surface area (Å²) in [5.74, 6) is 2.17. The van der Waals surface area contributed by atoms with E-state index in [4.69, 9.17) is 0 Å². The maximum absolute atomic E-state index is 10.1. The summed E-state index contributed by atoms with van der Waals surface area (Å²) in [6.45, 7) is 2.15. The highest BCUT2D eigenvalue weighted by Gasteiger charge is 2.22. The van der Waals surface area contributed by atoms with Crippen LogP contribution in [0.5, 0.6) is 0 Å². The first-order valence-corrected chi connectivity index (χ1v) is 6.92. The molecule has 1 aromatic carbocycles. The van der Waals surface area contributed by atoms with E-state index in [1.807, 2.05) is 42.1 Å². The maximum Gasteiger partial charge on any atom is 0.0805 e. The standard InChI is InChI=1S/C13H18NOS/c1-10-8-16-9-12(14-10)7-13(15)11-5-3-2-4-6-11/h2-6,10,12-13,15H,7-9H2,1H3. The molecule has 1 saturated heterocycles. The molecule has 1 fully saturated rings. The lowest BCUT2D eigenvalue weighted by Crippen LogP contribution is -2.38. The Morgan fingerprint density at radius 2 is 2.12 bits per heavy atom. The Labute approximate surface area is 101 Å². The van der Waals surface area contributed by atoms with Gasteiger partial charge in [-0.3, -0.25) is 0 Å². The van der Waals surface area contributed by atoms with Crippen LogP contribution >= 0.6 is 11.8 Å². The van der Waals surface area contributed by atoms with Crippen molar-refractivity contribution in [1.29, 1.82) is 0 Å². The van der Waals surface area contributed by atoms with Crippen LogP contribution in [0.25, 0.3) is 0 Å². The lowest BCUT2D eigenvalue weighted by Gasteiger charge is -2.28. The Hall–Kier alpha value is -0.510.